The van der Waals surface area contributed by atoms with Crippen molar-refractivity contribution in [2.24, 2.45) is 5.41 Å². The van der Waals surface area contributed by atoms with E-state index in [0.29, 0.717) is 6.42 Å². The smallest absolute Gasteiger partial charge is 0.0697 e. The maximum Gasteiger partial charge on any atom is 0.0697 e. The monoisotopic (exact) mass is 168 g/mol. The van der Waals surface area contributed by atoms with Crippen LogP contribution in [0.3, 0.4) is 0 Å². The highest BCUT2D eigenvalue weighted by Gasteiger charge is 2.20. The summed E-state index contributed by atoms with van der Waals surface area (Å²) in [6.45, 7) is 8.19. The summed E-state index contributed by atoms with van der Waals surface area (Å²) in [5, 5.41) is 9.58. The SMILES string of the molecule is CCCC#CCC(O)C(C)(C)C. The maximum atomic E-state index is 9.58. The quantitative estimate of drug-likeness (QED) is 0.628. The zero-order valence-electron chi connectivity index (χ0n) is 8.65. The van der Waals surface area contributed by atoms with Crippen LogP contribution < -0.4 is 0 Å². The standard InChI is InChI=1S/C11H20O/c1-5-6-7-8-9-10(12)11(2,3)4/h10,12H,5-6,9H2,1-4H3. The molecule has 0 saturated heterocycles. The van der Waals surface area contributed by atoms with Crippen LogP contribution in [0.4, 0.5) is 0 Å². The van der Waals surface area contributed by atoms with Crippen LogP contribution in [0.15, 0.2) is 0 Å². The molecule has 70 valence electrons. The van der Waals surface area contributed by atoms with Crippen LogP contribution in [-0.4, -0.2) is 11.2 Å². The Morgan fingerprint density at radius 1 is 1.25 bits per heavy atom. The van der Waals surface area contributed by atoms with Crippen molar-refractivity contribution in [2.75, 3.05) is 0 Å². The molecule has 0 aromatic heterocycles. The topological polar surface area (TPSA) is 20.2 Å². The van der Waals surface area contributed by atoms with Crippen molar-refractivity contribution in [1.29, 1.82) is 0 Å². The summed E-state index contributed by atoms with van der Waals surface area (Å²) in [5.41, 5.74) is -0.0408. The lowest BCUT2D eigenvalue weighted by Crippen LogP contribution is -2.25. The van der Waals surface area contributed by atoms with E-state index in [4.69, 9.17) is 0 Å². The maximum absolute atomic E-state index is 9.58. The number of hydrogen-bond acceptors (Lipinski definition) is 1. The van der Waals surface area contributed by atoms with Crippen molar-refractivity contribution >= 4 is 0 Å². The molecule has 0 fully saturated rings. The fraction of sp³-hybridized carbons (Fsp3) is 0.818. The summed E-state index contributed by atoms with van der Waals surface area (Å²) < 4.78 is 0. The Balaban J connectivity index is 3.73. The van der Waals surface area contributed by atoms with E-state index in [-0.39, 0.29) is 11.5 Å². The van der Waals surface area contributed by atoms with E-state index in [0.717, 1.165) is 12.8 Å². The van der Waals surface area contributed by atoms with E-state index in [9.17, 15) is 5.11 Å². The number of hydrogen-bond donors (Lipinski definition) is 1. The molecule has 0 amide bonds. The lowest BCUT2D eigenvalue weighted by molar-refractivity contribution is 0.0678. The highest BCUT2D eigenvalue weighted by molar-refractivity contribution is 5.01. The van der Waals surface area contributed by atoms with Gasteiger partial charge in [-0.05, 0) is 11.8 Å². The Morgan fingerprint density at radius 2 is 1.83 bits per heavy atom. The minimum absolute atomic E-state index is 0.0408. The van der Waals surface area contributed by atoms with Crippen molar-refractivity contribution < 1.29 is 5.11 Å². The molecular weight excluding hydrogens is 148 g/mol. The van der Waals surface area contributed by atoms with Crippen molar-refractivity contribution in [3.05, 3.63) is 0 Å². The Kier molecular flexibility index (Phi) is 5.01. The zero-order valence-corrected chi connectivity index (χ0v) is 8.65. The molecule has 1 heteroatoms. The second kappa shape index (κ2) is 5.22. The second-order valence-electron chi connectivity index (χ2n) is 4.19. The molecule has 0 bridgehead atoms. The molecule has 0 rings (SSSR count). The third-order valence-electron chi connectivity index (χ3n) is 1.80. The van der Waals surface area contributed by atoms with E-state index in [2.05, 4.69) is 18.8 Å². The molecule has 0 aromatic carbocycles. The Bertz CT molecular complexity index is 166. The minimum Gasteiger partial charge on any atom is -0.392 e. The van der Waals surface area contributed by atoms with E-state index in [1.54, 1.807) is 0 Å². The zero-order chi connectivity index (χ0) is 9.61. The van der Waals surface area contributed by atoms with Gasteiger partial charge in [0.15, 0.2) is 0 Å². The molecule has 0 heterocycles. The molecule has 0 aromatic rings. The van der Waals surface area contributed by atoms with Crippen LogP contribution in [0.5, 0.6) is 0 Å². The average molecular weight is 168 g/mol. The minimum atomic E-state index is -0.304. The molecule has 1 nitrogen and oxygen atoms in total. The van der Waals surface area contributed by atoms with Gasteiger partial charge in [0.1, 0.15) is 0 Å². The van der Waals surface area contributed by atoms with Gasteiger partial charge in [-0.25, -0.2) is 0 Å². The van der Waals surface area contributed by atoms with Gasteiger partial charge in [0.25, 0.3) is 0 Å². The van der Waals surface area contributed by atoms with Gasteiger partial charge < -0.3 is 5.11 Å². The first kappa shape index (κ1) is 11.5. The van der Waals surface area contributed by atoms with Crippen LogP contribution in [-0.2, 0) is 0 Å². The molecule has 0 radical (unpaired) electrons. The van der Waals surface area contributed by atoms with Gasteiger partial charge in [0.05, 0.1) is 6.10 Å². The first-order chi connectivity index (χ1) is 5.48. The van der Waals surface area contributed by atoms with Gasteiger partial charge in [-0.2, -0.15) is 0 Å². The average Bonchev–Trinajstić information content (AvgIpc) is 1.96. The molecule has 0 aliphatic carbocycles. The van der Waals surface area contributed by atoms with Crippen molar-refractivity contribution in [1.82, 2.24) is 0 Å². The van der Waals surface area contributed by atoms with E-state index in [1.807, 2.05) is 20.8 Å². The highest BCUT2D eigenvalue weighted by atomic mass is 16.3. The second-order valence-corrected chi connectivity index (χ2v) is 4.19. The summed E-state index contributed by atoms with van der Waals surface area (Å²) in [4.78, 5) is 0. The number of unbranched alkanes of at least 4 members (excludes halogenated alkanes) is 1. The van der Waals surface area contributed by atoms with Crippen LogP contribution in [0.25, 0.3) is 0 Å². The van der Waals surface area contributed by atoms with Crippen LogP contribution >= 0.6 is 0 Å². The molecule has 0 spiro atoms. The van der Waals surface area contributed by atoms with Gasteiger partial charge in [0.2, 0.25) is 0 Å². The molecule has 12 heavy (non-hydrogen) atoms. The fourth-order valence-electron chi connectivity index (χ4n) is 0.688. The van der Waals surface area contributed by atoms with Gasteiger partial charge >= 0.3 is 0 Å². The van der Waals surface area contributed by atoms with Crippen molar-refractivity contribution in [3.8, 4) is 11.8 Å². The molecule has 1 unspecified atom stereocenters. The third kappa shape index (κ3) is 5.21. The van der Waals surface area contributed by atoms with Crippen LogP contribution in [0.1, 0.15) is 47.0 Å². The van der Waals surface area contributed by atoms with Crippen molar-refractivity contribution in [2.45, 2.75) is 53.1 Å². The molecule has 0 saturated carbocycles. The van der Waals surface area contributed by atoms with Crippen LogP contribution in [0.2, 0.25) is 0 Å². The Labute approximate surface area is 76.2 Å². The number of aliphatic hydroxyl groups excluding tert-OH is 1. The largest absolute Gasteiger partial charge is 0.392 e. The summed E-state index contributed by atoms with van der Waals surface area (Å²) in [5.74, 6) is 6.02. The normalized spacial score (nSPS) is 13.4. The first-order valence-electron chi connectivity index (χ1n) is 4.62. The van der Waals surface area contributed by atoms with Gasteiger partial charge in [-0.15, -0.1) is 11.8 Å². The predicted molar refractivity (Wildman–Crippen MR) is 52.8 cm³/mol. The lowest BCUT2D eigenvalue weighted by Gasteiger charge is -2.23. The Morgan fingerprint density at radius 3 is 2.25 bits per heavy atom. The predicted octanol–water partition coefficient (Wildman–Crippen LogP) is 2.59. The highest BCUT2D eigenvalue weighted by Crippen LogP contribution is 2.20. The summed E-state index contributed by atoms with van der Waals surface area (Å²) in [7, 11) is 0. The molecule has 0 aliphatic heterocycles. The molecule has 1 atom stereocenters. The first-order valence-corrected chi connectivity index (χ1v) is 4.62. The molecular formula is C11H20O. The molecule has 0 aliphatic rings. The van der Waals surface area contributed by atoms with Gasteiger partial charge in [-0.3, -0.25) is 0 Å². The van der Waals surface area contributed by atoms with E-state index in [1.165, 1.54) is 0 Å². The number of rotatable bonds is 2. The summed E-state index contributed by atoms with van der Waals surface area (Å²) in [6, 6.07) is 0. The van der Waals surface area contributed by atoms with Gasteiger partial charge in [-0.1, -0.05) is 27.7 Å². The summed E-state index contributed by atoms with van der Waals surface area (Å²) in [6.07, 6.45) is 2.33. The number of aliphatic hydroxyl groups is 1. The van der Waals surface area contributed by atoms with Crippen LogP contribution in [0, 0.1) is 17.3 Å². The summed E-state index contributed by atoms with van der Waals surface area (Å²) >= 11 is 0. The van der Waals surface area contributed by atoms with Crippen molar-refractivity contribution in [3.63, 3.8) is 0 Å². The fourth-order valence-corrected chi connectivity index (χ4v) is 0.688. The van der Waals surface area contributed by atoms with Gasteiger partial charge in [0, 0.05) is 12.8 Å². The van der Waals surface area contributed by atoms with E-state index < -0.39 is 0 Å². The third-order valence-corrected chi connectivity index (χ3v) is 1.80. The molecule has 1 N–H and O–H groups in total. The van der Waals surface area contributed by atoms with E-state index >= 15 is 0 Å². The Hall–Kier alpha value is -0.480. The lowest BCUT2D eigenvalue weighted by atomic mass is 9.87.